The lowest BCUT2D eigenvalue weighted by molar-refractivity contribution is 0.0695. The topological polar surface area (TPSA) is 92.1 Å². The Labute approximate surface area is 157 Å². The smallest absolute Gasteiger partial charge is 0.335 e. The van der Waals surface area contributed by atoms with E-state index in [1.807, 2.05) is 6.07 Å². The molecule has 0 aliphatic carbocycles. The molecule has 2 unspecified atom stereocenters. The maximum Gasteiger partial charge on any atom is 0.335 e. The highest BCUT2D eigenvalue weighted by Crippen LogP contribution is 2.35. The van der Waals surface area contributed by atoms with Crippen molar-refractivity contribution in [3.8, 4) is 17.6 Å². The number of nitrogens with zero attached hydrogens (tertiary/aromatic N) is 1. The lowest BCUT2D eigenvalue weighted by atomic mass is 9.99. The number of benzene rings is 2. The fourth-order valence-corrected chi connectivity index (χ4v) is 3.00. The van der Waals surface area contributed by atoms with E-state index in [-0.39, 0.29) is 17.8 Å². The Morgan fingerprint density at radius 2 is 1.96 bits per heavy atom. The molecule has 0 aromatic heterocycles. The summed E-state index contributed by atoms with van der Waals surface area (Å²) >= 11 is 0. The molecule has 138 valence electrons. The van der Waals surface area contributed by atoms with Crippen LogP contribution in [0.2, 0.25) is 0 Å². The van der Waals surface area contributed by atoms with Crippen molar-refractivity contribution in [2.24, 2.45) is 0 Å². The molecule has 2 aromatic carbocycles. The molecular formula is C21H19NO5. The van der Waals surface area contributed by atoms with E-state index < -0.39 is 5.97 Å². The lowest BCUT2D eigenvalue weighted by Gasteiger charge is -2.07. The van der Waals surface area contributed by atoms with Crippen LogP contribution in [-0.2, 0) is 11.2 Å². The van der Waals surface area contributed by atoms with E-state index in [9.17, 15) is 15.2 Å². The number of hydrogen-bond acceptors (Lipinski definition) is 5. The SMILES string of the molecule is COc1ccc(/C=C(\C#N)C2OC2Cc2ccccc2C(=O)O)cc1OC. The Balaban J connectivity index is 1.76. The van der Waals surface area contributed by atoms with Crippen LogP contribution in [0.1, 0.15) is 21.5 Å². The van der Waals surface area contributed by atoms with Crippen LogP contribution in [0.3, 0.4) is 0 Å². The number of nitriles is 1. The maximum absolute atomic E-state index is 11.3. The van der Waals surface area contributed by atoms with Crippen molar-refractivity contribution in [3.63, 3.8) is 0 Å². The van der Waals surface area contributed by atoms with Gasteiger partial charge in [-0.05, 0) is 35.4 Å². The van der Waals surface area contributed by atoms with Crippen LogP contribution in [0.15, 0.2) is 48.0 Å². The first kappa shape index (κ1) is 18.5. The second kappa shape index (κ2) is 7.94. The minimum atomic E-state index is -0.968. The molecule has 1 fully saturated rings. The van der Waals surface area contributed by atoms with Crippen LogP contribution in [0.25, 0.3) is 6.08 Å². The molecule has 1 N–H and O–H groups in total. The molecule has 1 aliphatic rings. The third-order valence-corrected chi connectivity index (χ3v) is 4.42. The summed E-state index contributed by atoms with van der Waals surface area (Å²) in [7, 11) is 3.11. The van der Waals surface area contributed by atoms with E-state index in [1.165, 1.54) is 0 Å². The minimum Gasteiger partial charge on any atom is -0.493 e. The molecule has 0 bridgehead atoms. The van der Waals surface area contributed by atoms with Crippen LogP contribution in [0, 0.1) is 11.3 Å². The fourth-order valence-electron chi connectivity index (χ4n) is 3.00. The van der Waals surface area contributed by atoms with Crippen LogP contribution in [0.5, 0.6) is 11.5 Å². The van der Waals surface area contributed by atoms with Crippen molar-refractivity contribution >= 4 is 12.0 Å². The van der Waals surface area contributed by atoms with Gasteiger partial charge in [-0.25, -0.2) is 4.79 Å². The van der Waals surface area contributed by atoms with Gasteiger partial charge in [0.2, 0.25) is 0 Å². The number of ether oxygens (including phenoxy) is 3. The van der Waals surface area contributed by atoms with Crippen molar-refractivity contribution in [1.29, 1.82) is 5.26 Å². The number of hydrogen-bond donors (Lipinski definition) is 1. The van der Waals surface area contributed by atoms with Crippen LogP contribution in [-0.4, -0.2) is 37.5 Å². The van der Waals surface area contributed by atoms with Crippen molar-refractivity contribution in [2.45, 2.75) is 18.6 Å². The first-order valence-corrected chi connectivity index (χ1v) is 8.37. The Bertz CT molecular complexity index is 928. The highest BCUT2D eigenvalue weighted by molar-refractivity contribution is 5.89. The van der Waals surface area contributed by atoms with Crippen LogP contribution >= 0.6 is 0 Å². The molecule has 6 nitrogen and oxygen atoms in total. The normalized spacial score (nSPS) is 18.5. The minimum absolute atomic E-state index is 0.212. The first-order valence-electron chi connectivity index (χ1n) is 8.37. The predicted octanol–water partition coefficient (Wildman–Crippen LogP) is 3.32. The molecule has 2 atom stereocenters. The quantitative estimate of drug-likeness (QED) is 0.598. The number of carbonyl (C=O) groups is 1. The van der Waals surface area contributed by atoms with Gasteiger partial charge in [0.15, 0.2) is 11.5 Å². The molecule has 3 rings (SSSR count). The molecule has 6 heteroatoms. The third-order valence-electron chi connectivity index (χ3n) is 4.42. The highest BCUT2D eigenvalue weighted by Gasteiger charge is 2.42. The van der Waals surface area contributed by atoms with Crippen molar-refractivity contribution in [3.05, 3.63) is 64.7 Å². The molecule has 2 aromatic rings. The van der Waals surface area contributed by atoms with Gasteiger partial charge in [0.05, 0.1) is 37.5 Å². The molecule has 1 saturated heterocycles. The molecule has 0 radical (unpaired) electrons. The molecule has 1 aliphatic heterocycles. The van der Waals surface area contributed by atoms with Gasteiger partial charge >= 0.3 is 5.97 Å². The summed E-state index contributed by atoms with van der Waals surface area (Å²) in [6.45, 7) is 0. The van der Waals surface area contributed by atoms with E-state index in [0.717, 1.165) is 5.56 Å². The molecule has 1 heterocycles. The van der Waals surface area contributed by atoms with Crippen molar-refractivity contribution < 1.29 is 24.1 Å². The van der Waals surface area contributed by atoms with Gasteiger partial charge in [-0.1, -0.05) is 24.3 Å². The Morgan fingerprint density at radius 3 is 2.63 bits per heavy atom. The van der Waals surface area contributed by atoms with Crippen LogP contribution < -0.4 is 9.47 Å². The zero-order valence-corrected chi connectivity index (χ0v) is 15.0. The van der Waals surface area contributed by atoms with E-state index in [0.29, 0.717) is 29.1 Å². The monoisotopic (exact) mass is 365 g/mol. The molecule has 0 spiro atoms. The van der Waals surface area contributed by atoms with Gasteiger partial charge in [-0.15, -0.1) is 0 Å². The Hall–Kier alpha value is -3.30. The summed E-state index contributed by atoms with van der Waals surface area (Å²) < 4.78 is 16.1. The summed E-state index contributed by atoms with van der Waals surface area (Å²) in [6.07, 6.45) is 1.63. The van der Waals surface area contributed by atoms with Crippen molar-refractivity contribution in [2.75, 3.05) is 14.2 Å². The number of epoxide rings is 1. The van der Waals surface area contributed by atoms with Crippen LogP contribution in [0.4, 0.5) is 0 Å². The first-order chi connectivity index (χ1) is 13.1. The zero-order valence-electron chi connectivity index (χ0n) is 15.0. The van der Waals surface area contributed by atoms with Gasteiger partial charge in [-0.2, -0.15) is 5.26 Å². The fraction of sp³-hybridized carbons (Fsp3) is 0.238. The summed E-state index contributed by atoms with van der Waals surface area (Å²) in [5.74, 6) is 0.218. The standard InChI is InChI=1S/C21H19NO5/c1-25-17-8-7-13(10-18(17)26-2)9-15(12-22)20-19(27-20)11-14-5-3-4-6-16(14)21(23)24/h3-10,19-20H,11H2,1-2H3,(H,23,24)/b15-9+. The van der Waals surface area contributed by atoms with Gasteiger partial charge in [0.25, 0.3) is 0 Å². The number of aromatic carboxylic acids is 1. The maximum atomic E-state index is 11.3. The van der Waals surface area contributed by atoms with E-state index >= 15 is 0 Å². The molecule has 27 heavy (non-hydrogen) atoms. The summed E-state index contributed by atoms with van der Waals surface area (Å²) in [5.41, 5.74) is 2.24. The largest absolute Gasteiger partial charge is 0.493 e. The Kier molecular flexibility index (Phi) is 5.43. The van der Waals surface area contributed by atoms with Gasteiger partial charge in [0, 0.05) is 6.42 Å². The highest BCUT2D eigenvalue weighted by atomic mass is 16.6. The lowest BCUT2D eigenvalue weighted by Crippen LogP contribution is -2.07. The number of carboxylic acids is 1. The summed E-state index contributed by atoms with van der Waals surface area (Å²) in [6, 6.07) is 14.4. The number of rotatable bonds is 7. The number of carboxylic acid groups (broad SMARTS) is 1. The van der Waals surface area contributed by atoms with Crippen molar-refractivity contribution in [1.82, 2.24) is 0 Å². The van der Waals surface area contributed by atoms with Gasteiger partial charge in [-0.3, -0.25) is 0 Å². The Morgan fingerprint density at radius 1 is 1.22 bits per heavy atom. The van der Waals surface area contributed by atoms with Gasteiger partial charge < -0.3 is 19.3 Å². The van der Waals surface area contributed by atoms with E-state index in [4.69, 9.17) is 14.2 Å². The van der Waals surface area contributed by atoms with Gasteiger partial charge in [0.1, 0.15) is 6.10 Å². The predicted molar refractivity (Wildman–Crippen MR) is 98.9 cm³/mol. The molecular weight excluding hydrogens is 346 g/mol. The summed E-state index contributed by atoms with van der Waals surface area (Å²) in [5, 5.41) is 18.8. The third kappa shape index (κ3) is 4.10. The van der Waals surface area contributed by atoms with E-state index in [1.54, 1.807) is 56.7 Å². The average Bonchev–Trinajstić information content (AvgIpc) is 3.44. The second-order valence-corrected chi connectivity index (χ2v) is 6.09. The van der Waals surface area contributed by atoms with E-state index in [2.05, 4.69) is 6.07 Å². The second-order valence-electron chi connectivity index (χ2n) is 6.09. The molecule has 0 amide bonds. The zero-order chi connectivity index (χ0) is 19.4. The molecule has 0 saturated carbocycles. The summed E-state index contributed by atoms with van der Waals surface area (Å²) in [4.78, 5) is 11.3. The average molecular weight is 365 g/mol. The number of methoxy groups -OCH3 is 2.